The number of ketones is 1. The molecular weight excluding hydrogens is 272 g/mol. The Balaban J connectivity index is 2.25. The molecule has 21 heavy (non-hydrogen) atoms. The van der Waals surface area contributed by atoms with E-state index in [2.05, 4.69) is 4.98 Å². The molecule has 0 bridgehead atoms. The van der Waals surface area contributed by atoms with Crippen molar-refractivity contribution in [3.63, 3.8) is 0 Å². The van der Waals surface area contributed by atoms with Crippen LogP contribution in [0.4, 0.5) is 8.78 Å². The van der Waals surface area contributed by atoms with E-state index >= 15 is 0 Å². The molecule has 0 radical (unpaired) electrons. The van der Waals surface area contributed by atoms with Crippen LogP contribution in [0.5, 0.6) is 0 Å². The molecule has 0 spiro atoms. The Morgan fingerprint density at radius 3 is 2.57 bits per heavy atom. The second-order valence-electron chi connectivity index (χ2n) is 5.08. The third-order valence-corrected chi connectivity index (χ3v) is 3.67. The van der Waals surface area contributed by atoms with Crippen LogP contribution in [0.25, 0.3) is 10.9 Å². The summed E-state index contributed by atoms with van der Waals surface area (Å²) in [7, 11) is 0. The topological polar surface area (TPSA) is 32.9 Å². The van der Waals surface area contributed by atoms with Crippen LogP contribution in [0.15, 0.2) is 36.5 Å². The number of benzene rings is 2. The lowest BCUT2D eigenvalue weighted by Gasteiger charge is -2.06. The molecule has 106 valence electrons. The lowest BCUT2D eigenvalue weighted by Crippen LogP contribution is -2.08. The Morgan fingerprint density at radius 1 is 1.05 bits per heavy atom. The van der Waals surface area contributed by atoms with Crippen LogP contribution < -0.4 is 0 Å². The molecule has 0 aliphatic heterocycles. The number of fused-ring (bicyclic) bond motifs is 1. The number of rotatable bonds is 2. The zero-order valence-corrected chi connectivity index (χ0v) is 11.6. The molecule has 3 aromatic rings. The van der Waals surface area contributed by atoms with E-state index in [1.807, 2.05) is 25.1 Å². The Morgan fingerprint density at radius 2 is 1.81 bits per heavy atom. The Bertz CT molecular complexity index is 865. The summed E-state index contributed by atoms with van der Waals surface area (Å²) in [5.41, 5.74) is 1.68. The number of halogens is 2. The third kappa shape index (κ3) is 2.03. The van der Waals surface area contributed by atoms with Gasteiger partial charge in [-0.15, -0.1) is 0 Å². The number of aryl methyl sites for hydroxylation is 2. The van der Waals surface area contributed by atoms with E-state index in [9.17, 15) is 13.6 Å². The molecule has 2 nitrogen and oxygen atoms in total. The standard InChI is InChI=1S/C17H13F2NO/c1-9-4-3-5-13-14(9)11(8-20-13)17(21)15-12(18)7-6-10(2)16(15)19/h3-8,20H,1-2H3. The summed E-state index contributed by atoms with van der Waals surface area (Å²) in [5, 5.41) is 0.697. The number of hydrogen-bond acceptors (Lipinski definition) is 1. The molecule has 0 saturated carbocycles. The van der Waals surface area contributed by atoms with E-state index in [0.717, 1.165) is 17.1 Å². The molecule has 4 heteroatoms. The molecule has 1 aromatic heterocycles. The number of hydrogen-bond donors (Lipinski definition) is 1. The fourth-order valence-electron chi connectivity index (χ4n) is 2.55. The molecule has 0 unspecified atom stereocenters. The van der Waals surface area contributed by atoms with Gasteiger partial charge in [0.1, 0.15) is 11.6 Å². The van der Waals surface area contributed by atoms with Gasteiger partial charge >= 0.3 is 0 Å². The molecule has 0 amide bonds. The lowest BCUT2D eigenvalue weighted by atomic mass is 9.98. The summed E-state index contributed by atoms with van der Waals surface area (Å²) in [4.78, 5) is 15.5. The minimum Gasteiger partial charge on any atom is -0.360 e. The average molecular weight is 285 g/mol. The van der Waals surface area contributed by atoms with Crippen LogP contribution in [-0.4, -0.2) is 10.8 Å². The zero-order chi connectivity index (χ0) is 15.1. The summed E-state index contributed by atoms with van der Waals surface area (Å²) in [6, 6.07) is 7.98. The summed E-state index contributed by atoms with van der Waals surface area (Å²) >= 11 is 0. The van der Waals surface area contributed by atoms with Gasteiger partial charge in [0.15, 0.2) is 0 Å². The van der Waals surface area contributed by atoms with Crippen LogP contribution in [0.1, 0.15) is 27.0 Å². The quantitative estimate of drug-likeness (QED) is 0.700. The van der Waals surface area contributed by atoms with Gasteiger partial charge in [-0.05, 0) is 37.1 Å². The van der Waals surface area contributed by atoms with Crippen LogP contribution >= 0.6 is 0 Å². The van der Waals surface area contributed by atoms with Crippen molar-refractivity contribution in [1.29, 1.82) is 0 Å². The predicted molar refractivity (Wildman–Crippen MR) is 77.6 cm³/mol. The molecular formula is C17H13F2NO. The SMILES string of the molecule is Cc1ccc(F)c(C(=O)c2c[nH]c3cccc(C)c23)c1F. The average Bonchev–Trinajstić information content (AvgIpc) is 2.88. The second-order valence-corrected chi connectivity index (χ2v) is 5.08. The van der Waals surface area contributed by atoms with Crippen LogP contribution in [0, 0.1) is 25.5 Å². The van der Waals surface area contributed by atoms with Gasteiger partial charge in [-0.2, -0.15) is 0 Å². The smallest absolute Gasteiger partial charge is 0.201 e. The molecule has 1 heterocycles. The van der Waals surface area contributed by atoms with Crippen molar-refractivity contribution >= 4 is 16.7 Å². The van der Waals surface area contributed by atoms with Crippen LogP contribution in [-0.2, 0) is 0 Å². The monoisotopic (exact) mass is 285 g/mol. The molecule has 0 saturated heterocycles. The number of carbonyl (C=O) groups excluding carboxylic acids is 1. The Labute approximate surface area is 120 Å². The maximum atomic E-state index is 14.1. The summed E-state index contributed by atoms with van der Waals surface area (Å²) in [5.74, 6) is -2.29. The van der Waals surface area contributed by atoms with Gasteiger partial charge in [0, 0.05) is 22.7 Å². The molecule has 0 fully saturated rings. The first-order valence-corrected chi connectivity index (χ1v) is 6.56. The largest absolute Gasteiger partial charge is 0.360 e. The Kier molecular flexibility index (Phi) is 3.09. The minimum absolute atomic E-state index is 0.247. The predicted octanol–water partition coefficient (Wildman–Crippen LogP) is 4.29. The van der Waals surface area contributed by atoms with Crippen molar-refractivity contribution < 1.29 is 13.6 Å². The van der Waals surface area contributed by atoms with E-state index in [4.69, 9.17) is 0 Å². The fraction of sp³-hybridized carbons (Fsp3) is 0.118. The van der Waals surface area contributed by atoms with Gasteiger partial charge in [-0.1, -0.05) is 18.2 Å². The van der Waals surface area contributed by atoms with E-state index in [0.29, 0.717) is 5.39 Å². The number of aromatic amines is 1. The van der Waals surface area contributed by atoms with Crippen molar-refractivity contribution in [3.8, 4) is 0 Å². The summed E-state index contributed by atoms with van der Waals surface area (Å²) < 4.78 is 28.0. The van der Waals surface area contributed by atoms with Crippen molar-refractivity contribution in [2.75, 3.05) is 0 Å². The maximum Gasteiger partial charge on any atom is 0.201 e. The van der Waals surface area contributed by atoms with E-state index in [-0.39, 0.29) is 11.1 Å². The lowest BCUT2D eigenvalue weighted by molar-refractivity contribution is 0.103. The molecule has 0 aliphatic rings. The second kappa shape index (κ2) is 4.81. The molecule has 1 N–H and O–H groups in total. The third-order valence-electron chi connectivity index (χ3n) is 3.67. The molecule has 3 rings (SSSR count). The zero-order valence-electron chi connectivity index (χ0n) is 11.6. The van der Waals surface area contributed by atoms with Crippen LogP contribution in [0.2, 0.25) is 0 Å². The van der Waals surface area contributed by atoms with Crippen molar-refractivity contribution in [2.45, 2.75) is 13.8 Å². The fourth-order valence-corrected chi connectivity index (χ4v) is 2.55. The number of H-pyrrole nitrogens is 1. The minimum atomic E-state index is -0.842. The van der Waals surface area contributed by atoms with Crippen molar-refractivity contribution in [2.24, 2.45) is 0 Å². The highest BCUT2D eigenvalue weighted by atomic mass is 19.1. The summed E-state index contributed by atoms with van der Waals surface area (Å²) in [6.45, 7) is 3.36. The van der Waals surface area contributed by atoms with Gasteiger partial charge in [0.05, 0.1) is 5.56 Å². The highest BCUT2D eigenvalue weighted by molar-refractivity contribution is 6.17. The van der Waals surface area contributed by atoms with E-state index in [1.165, 1.54) is 19.2 Å². The van der Waals surface area contributed by atoms with Gasteiger partial charge in [0.25, 0.3) is 0 Å². The molecule has 0 aliphatic carbocycles. The molecule has 2 aromatic carbocycles. The number of carbonyl (C=O) groups is 1. The first-order valence-electron chi connectivity index (χ1n) is 6.56. The normalized spacial score (nSPS) is 11.0. The van der Waals surface area contributed by atoms with Gasteiger partial charge in [-0.25, -0.2) is 8.78 Å². The highest BCUT2D eigenvalue weighted by Crippen LogP contribution is 2.27. The summed E-state index contributed by atoms with van der Waals surface area (Å²) in [6.07, 6.45) is 1.50. The van der Waals surface area contributed by atoms with Crippen molar-refractivity contribution in [1.82, 2.24) is 4.98 Å². The van der Waals surface area contributed by atoms with E-state index < -0.39 is 23.0 Å². The van der Waals surface area contributed by atoms with Crippen molar-refractivity contribution in [3.05, 3.63) is 70.4 Å². The highest BCUT2D eigenvalue weighted by Gasteiger charge is 2.23. The number of nitrogens with one attached hydrogen (secondary N) is 1. The first-order chi connectivity index (χ1) is 10.0. The first kappa shape index (κ1) is 13.5. The molecule has 0 atom stereocenters. The van der Waals surface area contributed by atoms with E-state index in [1.54, 1.807) is 0 Å². The van der Waals surface area contributed by atoms with Gasteiger partial charge in [-0.3, -0.25) is 4.79 Å². The van der Waals surface area contributed by atoms with Crippen LogP contribution in [0.3, 0.4) is 0 Å². The maximum absolute atomic E-state index is 14.1. The van der Waals surface area contributed by atoms with Gasteiger partial charge < -0.3 is 4.98 Å². The Hall–Kier alpha value is -2.49. The van der Waals surface area contributed by atoms with Gasteiger partial charge in [0.2, 0.25) is 5.78 Å². The number of aromatic nitrogens is 1.